The molecule has 0 saturated heterocycles. The van der Waals surface area contributed by atoms with Gasteiger partial charge in [0.25, 0.3) is 0 Å². The zero-order valence-electron chi connectivity index (χ0n) is 9.69. The Morgan fingerprint density at radius 3 is 2.67 bits per heavy atom. The molecular weight excluding hydrogens is 212 g/mol. The van der Waals surface area contributed by atoms with Crippen LogP contribution in [0.4, 0.5) is 0 Å². The second kappa shape index (κ2) is 7.74. The predicted molar refractivity (Wildman–Crippen MR) is 65.4 cm³/mol. The molecule has 4 heteroatoms. The van der Waals surface area contributed by atoms with E-state index in [9.17, 15) is 0 Å². The highest BCUT2D eigenvalue weighted by Gasteiger charge is 2.07. The van der Waals surface area contributed by atoms with Gasteiger partial charge in [0.15, 0.2) is 0 Å². The SMILES string of the molecule is CCC(CNCc1ccoc1)N(C)C.Cl. The second-order valence-electron chi connectivity index (χ2n) is 3.79. The van der Waals surface area contributed by atoms with Gasteiger partial charge in [0, 0.05) is 24.7 Å². The fraction of sp³-hybridized carbons (Fsp3) is 0.636. The van der Waals surface area contributed by atoms with E-state index in [0.29, 0.717) is 6.04 Å². The van der Waals surface area contributed by atoms with E-state index in [1.165, 1.54) is 12.0 Å². The summed E-state index contributed by atoms with van der Waals surface area (Å²) in [7, 11) is 4.24. The van der Waals surface area contributed by atoms with Crippen LogP contribution in [0.25, 0.3) is 0 Å². The van der Waals surface area contributed by atoms with Gasteiger partial charge in [-0.25, -0.2) is 0 Å². The number of likely N-dealkylation sites (N-methyl/N-ethyl adjacent to an activating group) is 1. The summed E-state index contributed by atoms with van der Waals surface area (Å²) in [6.07, 6.45) is 4.66. The van der Waals surface area contributed by atoms with Crippen LogP contribution in [0.2, 0.25) is 0 Å². The summed E-state index contributed by atoms with van der Waals surface area (Å²) < 4.78 is 5.00. The summed E-state index contributed by atoms with van der Waals surface area (Å²) in [5.74, 6) is 0. The van der Waals surface area contributed by atoms with Crippen LogP contribution in [0.1, 0.15) is 18.9 Å². The van der Waals surface area contributed by atoms with Crippen LogP contribution in [-0.2, 0) is 6.54 Å². The fourth-order valence-corrected chi connectivity index (χ4v) is 1.47. The van der Waals surface area contributed by atoms with Crippen molar-refractivity contribution >= 4 is 12.4 Å². The first kappa shape index (κ1) is 14.5. The number of hydrogen-bond acceptors (Lipinski definition) is 3. The van der Waals surface area contributed by atoms with Gasteiger partial charge in [-0.05, 0) is 26.6 Å². The minimum Gasteiger partial charge on any atom is -0.472 e. The van der Waals surface area contributed by atoms with Gasteiger partial charge in [-0.1, -0.05) is 6.92 Å². The van der Waals surface area contributed by atoms with Crippen LogP contribution in [0.5, 0.6) is 0 Å². The Morgan fingerprint density at radius 1 is 1.47 bits per heavy atom. The highest BCUT2D eigenvalue weighted by Crippen LogP contribution is 2.00. The van der Waals surface area contributed by atoms with Crippen LogP contribution in [-0.4, -0.2) is 31.6 Å². The van der Waals surface area contributed by atoms with Gasteiger partial charge in [-0.2, -0.15) is 0 Å². The summed E-state index contributed by atoms with van der Waals surface area (Å²) in [6.45, 7) is 4.12. The van der Waals surface area contributed by atoms with Gasteiger partial charge in [-0.3, -0.25) is 0 Å². The topological polar surface area (TPSA) is 28.4 Å². The number of hydrogen-bond donors (Lipinski definition) is 1. The van der Waals surface area contributed by atoms with Gasteiger partial charge in [0.1, 0.15) is 0 Å². The normalized spacial score (nSPS) is 12.5. The van der Waals surface area contributed by atoms with E-state index < -0.39 is 0 Å². The molecule has 0 bridgehead atoms. The van der Waals surface area contributed by atoms with Crippen molar-refractivity contribution in [1.82, 2.24) is 10.2 Å². The van der Waals surface area contributed by atoms with Crippen molar-refractivity contribution in [3.05, 3.63) is 24.2 Å². The third-order valence-electron chi connectivity index (χ3n) is 2.49. The molecular formula is C11H21ClN2O. The predicted octanol–water partition coefficient (Wildman–Crippen LogP) is 2.13. The largest absolute Gasteiger partial charge is 0.472 e. The molecule has 0 aliphatic heterocycles. The quantitative estimate of drug-likeness (QED) is 0.815. The molecule has 15 heavy (non-hydrogen) atoms. The van der Waals surface area contributed by atoms with Crippen molar-refractivity contribution in [2.45, 2.75) is 25.9 Å². The Labute approximate surface area is 98.2 Å². The lowest BCUT2D eigenvalue weighted by molar-refractivity contribution is 0.276. The maximum atomic E-state index is 5.00. The zero-order chi connectivity index (χ0) is 10.4. The second-order valence-corrected chi connectivity index (χ2v) is 3.79. The maximum absolute atomic E-state index is 5.00. The van der Waals surface area contributed by atoms with E-state index in [1.807, 2.05) is 6.07 Å². The standard InChI is InChI=1S/C11H20N2O.ClH/c1-4-11(13(2)3)8-12-7-10-5-6-14-9-10;/h5-6,9,11-12H,4,7-8H2,1-3H3;1H. The number of nitrogens with zero attached hydrogens (tertiary/aromatic N) is 1. The lowest BCUT2D eigenvalue weighted by Crippen LogP contribution is -2.37. The molecule has 1 aromatic rings. The number of nitrogens with one attached hydrogen (secondary N) is 1. The first-order valence-electron chi connectivity index (χ1n) is 5.12. The first-order valence-corrected chi connectivity index (χ1v) is 5.12. The average Bonchev–Trinajstić information content (AvgIpc) is 2.64. The van der Waals surface area contributed by atoms with E-state index >= 15 is 0 Å². The maximum Gasteiger partial charge on any atom is 0.0947 e. The van der Waals surface area contributed by atoms with Crippen molar-refractivity contribution in [2.24, 2.45) is 0 Å². The monoisotopic (exact) mass is 232 g/mol. The number of halogens is 1. The summed E-state index contributed by atoms with van der Waals surface area (Å²) in [6, 6.07) is 2.60. The molecule has 1 atom stereocenters. The molecule has 0 aromatic carbocycles. The molecule has 3 nitrogen and oxygen atoms in total. The van der Waals surface area contributed by atoms with Crippen LogP contribution < -0.4 is 5.32 Å². The Balaban J connectivity index is 0.00000196. The van der Waals surface area contributed by atoms with Gasteiger partial charge in [-0.15, -0.1) is 12.4 Å². The van der Waals surface area contributed by atoms with Crippen molar-refractivity contribution in [3.8, 4) is 0 Å². The molecule has 1 aromatic heterocycles. The summed E-state index contributed by atoms with van der Waals surface area (Å²) >= 11 is 0. The molecule has 1 rings (SSSR count). The summed E-state index contributed by atoms with van der Waals surface area (Å²) in [5, 5.41) is 3.42. The van der Waals surface area contributed by atoms with E-state index in [0.717, 1.165) is 13.1 Å². The molecule has 1 N–H and O–H groups in total. The third kappa shape index (κ3) is 5.21. The highest BCUT2D eigenvalue weighted by atomic mass is 35.5. The minimum absolute atomic E-state index is 0. The van der Waals surface area contributed by atoms with Crippen molar-refractivity contribution in [3.63, 3.8) is 0 Å². The molecule has 0 amide bonds. The van der Waals surface area contributed by atoms with Crippen molar-refractivity contribution in [1.29, 1.82) is 0 Å². The zero-order valence-corrected chi connectivity index (χ0v) is 10.5. The van der Waals surface area contributed by atoms with E-state index in [1.54, 1.807) is 12.5 Å². The Bertz CT molecular complexity index is 237. The molecule has 0 spiro atoms. The molecule has 88 valence electrons. The molecule has 0 saturated carbocycles. The van der Waals surface area contributed by atoms with E-state index in [-0.39, 0.29) is 12.4 Å². The smallest absolute Gasteiger partial charge is 0.0947 e. The summed E-state index contributed by atoms with van der Waals surface area (Å²) in [4.78, 5) is 2.25. The average molecular weight is 233 g/mol. The first-order chi connectivity index (χ1) is 6.74. The number of furan rings is 1. The molecule has 0 aliphatic carbocycles. The van der Waals surface area contributed by atoms with E-state index in [4.69, 9.17) is 4.42 Å². The Morgan fingerprint density at radius 2 is 2.20 bits per heavy atom. The Kier molecular flexibility index (Phi) is 7.48. The van der Waals surface area contributed by atoms with Gasteiger partial charge < -0.3 is 14.6 Å². The van der Waals surface area contributed by atoms with Gasteiger partial charge >= 0.3 is 0 Å². The minimum atomic E-state index is 0. The van der Waals surface area contributed by atoms with Crippen molar-refractivity contribution in [2.75, 3.05) is 20.6 Å². The molecule has 1 unspecified atom stereocenters. The molecule has 0 aliphatic rings. The third-order valence-corrected chi connectivity index (χ3v) is 2.49. The number of rotatable bonds is 6. The van der Waals surface area contributed by atoms with Crippen LogP contribution in [0, 0.1) is 0 Å². The molecule has 1 heterocycles. The lowest BCUT2D eigenvalue weighted by Gasteiger charge is -2.22. The molecule has 0 radical (unpaired) electrons. The van der Waals surface area contributed by atoms with Gasteiger partial charge in [0.2, 0.25) is 0 Å². The molecule has 0 fully saturated rings. The Hall–Kier alpha value is -0.510. The van der Waals surface area contributed by atoms with E-state index in [2.05, 4.69) is 31.2 Å². The lowest BCUT2D eigenvalue weighted by atomic mass is 10.2. The highest BCUT2D eigenvalue weighted by molar-refractivity contribution is 5.85. The van der Waals surface area contributed by atoms with Crippen LogP contribution in [0.3, 0.4) is 0 Å². The fourth-order valence-electron chi connectivity index (χ4n) is 1.47. The summed E-state index contributed by atoms with van der Waals surface area (Å²) in [5.41, 5.74) is 1.21. The van der Waals surface area contributed by atoms with Gasteiger partial charge in [0.05, 0.1) is 12.5 Å². The van der Waals surface area contributed by atoms with Crippen molar-refractivity contribution < 1.29 is 4.42 Å². The van der Waals surface area contributed by atoms with Crippen LogP contribution >= 0.6 is 12.4 Å². The van der Waals surface area contributed by atoms with Crippen LogP contribution in [0.15, 0.2) is 23.0 Å².